The number of aryl methyl sites for hydroxylation is 1. The van der Waals surface area contributed by atoms with Gasteiger partial charge in [-0.15, -0.1) is 11.8 Å². The summed E-state index contributed by atoms with van der Waals surface area (Å²) in [4.78, 5) is 35.5. The van der Waals surface area contributed by atoms with Crippen LogP contribution in [0.15, 0.2) is 40.2 Å². The third-order valence-electron chi connectivity index (χ3n) is 3.24. The Labute approximate surface area is 147 Å². The molecule has 0 fully saturated rings. The summed E-state index contributed by atoms with van der Waals surface area (Å²) in [6.45, 7) is -0.599. The summed E-state index contributed by atoms with van der Waals surface area (Å²) < 4.78 is 20.1. The second-order valence-corrected chi connectivity index (χ2v) is 5.94. The van der Waals surface area contributed by atoms with Crippen molar-refractivity contribution in [3.8, 4) is 0 Å². The Morgan fingerprint density at radius 2 is 2.04 bits per heavy atom. The van der Waals surface area contributed by atoms with Gasteiger partial charge in [0.15, 0.2) is 6.61 Å². The maximum Gasteiger partial charge on any atom is 0.342 e. The summed E-state index contributed by atoms with van der Waals surface area (Å²) in [6, 6.07) is 5.67. The second kappa shape index (κ2) is 7.84. The summed E-state index contributed by atoms with van der Waals surface area (Å²) in [6.07, 6.45) is 3.05. The Hall–Kier alpha value is -2.81. The molecule has 0 aliphatic rings. The minimum Gasteiger partial charge on any atom is -0.452 e. The standard InChI is InChI=1S/C16H16FN3O4S/c1-20-7-10(16(23)24-8-14(18)21)13(6-15(20)22)19-12-4-3-9(25-2)5-11(12)17/h3-7,19H,8H2,1-2H3,(H2,18,21). The number of carbonyl (C=O) groups is 2. The van der Waals surface area contributed by atoms with Gasteiger partial charge in [0, 0.05) is 24.2 Å². The number of pyridine rings is 1. The van der Waals surface area contributed by atoms with Gasteiger partial charge in [-0.05, 0) is 24.5 Å². The molecule has 0 aliphatic heterocycles. The van der Waals surface area contributed by atoms with Gasteiger partial charge in [-0.1, -0.05) is 0 Å². The molecule has 0 saturated carbocycles. The van der Waals surface area contributed by atoms with E-state index in [1.54, 1.807) is 6.07 Å². The highest BCUT2D eigenvalue weighted by molar-refractivity contribution is 7.98. The van der Waals surface area contributed by atoms with Gasteiger partial charge in [-0.25, -0.2) is 9.18 Å². The number of anilines is 2. The van der Waals surface area contributed by atoms with Gasteiger partial charge in [0.05, 0.1) is 16.9 Å². The second-order valence-electron chi connectivity index (χ2n) is 5.06. The first kappa shape index (κ1) is 18.5. The number of aromatic nitrogens is 1. The molecule has 132 valence electrons. The molecule has 0 unspecified atom stereocenters. The molecule has 2 rings (SSSR count). The SMILES string of the molecule is CSc1ccc(Nc2cc(=O)n(C)cc2C(=O)OCC(N)=O)c(F)c1. The fourth-order valence-electron chi connectivity index (χ4n) is 1.98. The number of primary amides is 1. The van der Waals surface area contributed by atoms with E-state index in [2.05, 4.69) is 5.32 Å². The largest absolute Gasteiger partial charge is 0.452 e. The maximum absolute atomic E-state index is 14.2. The molecule has 0 radical (unpaired) electrons. The predicted molar refractivity (Wildman–Crippen MR) is 92.6 cm³/mol. The van der Waals surface area contributed by atoms with Crippen molar-refractivity contribution in [2.75, 3.05) is 18.2 Å². The summed E-state index contributed by atoms with van der Waals surface area (Å²) in [7, 11) is 1.45. The average molecular weight is 365 g/mol. The molecular formula is C16H16FN3O4S. The molecule has 0 atom stereocenters. The van der Waals surface area contributed by atoms with Crippen molar-refractivity contribution in [2.24, 2.45) is 12.8 Å². The molecule has 3 N–H and O–H groups in total. The molecule has 0 bridgehead atoms. The molecule has 1 heterocycles. The quantitative estimate of drug-likeness (QED) is 0.596. The minimum atomic E-state index is -0.863. The highest BCUT2D eigenvalue weighted by Crippen LogP contribution is 2.26. The minimum absolute atomic E-state index is 0.0308. The number of benzene rings is 1. The molecule has 9 heteroatoms. The van der Waals surface area contributed by atoms with Crippen LogP contribution in [0.1, 0.15) is 10.4 Å². The van der Waals surface area contributed by atoms with Gasteiger partial charge in [-0.3, -0.25) is 9.59 Å². The molecule has 7 nitrogen and oxygen atoms in total. The fourth-order valence-corrected chi connectivity index (χ4v) is 2.41. The van der Waals surface area contributed by atoms with E-state index >= 15 is 0 Å². The van der Waals surface area contributed by atoms with Crippen LogP contribution in [-0.4, -0.2) is 29.3 Å². The zero-order valence-corrected chi connectivity index (χ0v) is 14.4. The molecule has 25 heavy (non-hydrogen) atoms. The zero-order valence-electron chi connectivity index (χ0n) is 13.5. The first-order valence-corrected chi connectivity index (χ1v) is 8.31. The molecule has 1 amide bonds. The lowest BCUT2D eigenvalue weighted by atomic mass is 10.2. The number of hydrogen-bond donors (Lipinski definition) is 2. The smallest absolute Gasteiger partial charge is 0.342 e. The van der Waals surface area contributed by atoms with Crippen LogP contribution in [0.5, 0.6) is 0 Å². The zero-order chi connectivity index (χ0) is 18.6. The van der Waals surface area contributed by atoms with Crippen molar-refractivity contribution in [1.82, 2.24) is 4.57 Å². The van der Waals surface area contributed by atoms with Crippen molar-refractivity contribution in [1.29, 1.82) is 0 Å². The normalized spacial score (nSPS) is 10.4. The molecule has 2 aromatic rings. The molecular weight excluding hydrogens is 349 g/mol. The third-order valence-corrected chi connectivity index (χ3v) is 3.96. The van der Waals surface area contributed by atoms with E-state index in [1.807, 2.05) is 6.26 Å². The van der Waals surface area contributed by atoms with Gasteiger partial charge in [0.1, 0.15) is 5.82 Å². The van der Waals surface area contributed by atoms with E-state index in [0.717, 1.165) is 11.0 Å². The number of halogens is 1. The lowest BCUT2D eigenvalue weighted by Crippen LogP contribution is -2.23. The van der Waals surface area contributed by atoms with E-state index in [1.165, 1.54) is 41.7 Å². The number of hydrogen-bond acceptors (Lipinski definition) is 6. The third kappa shape index (κ3) is 4.60. The van der Waals surface area contributed by atoms with Crippen molar-refractivity contribution in [3.63, 3.8) is 0 Å². The van der Waals surface area contributed by atoms with Gasteiger partial charge in [-0.2, -0.15) is 0 Å². The summed E-state index contributed by atoms with van der Waals surface area (Å²) in [5, 5.41) is 2.71. The van der Waals surface area contributed by atoms with Gasteiger partial charge < -0.3 is 20.4 Å². The number of esters is 1. The highest BCUT2D eigenvalue weighted by atomic mass is 32.2. The lowest BCUT2D eigenvalue weighted by Gasteiger charge is -2.13. The Morgan fingerprint density at radius 3 is 2.64 bits per heavy atom. The van der Waals surface area contributed by atoms with E-state index in [0.29, 0.717) is 0 Å². The van der Waals surface area contributed by atoms with Gasteiger partial charge >= 0.3 is 5.97 Å². The fraction of sp³-hybridized carbons (Fsp3) is 0.188. The number of nitrogens with two attached hydrogens (primary N) is 1. The van der Waals surface area contributed by atoms with Crippen LogP contribution in [0.4, 0.5) is 15.8 Å². The van der Waals surface area contributed by atoms with E-state index in [-0.39, 0.29) is 16.9 Å². The summed E-state index contributed by atoms with van der Waals surface area (Å²) in [5.41, 5.74) is 4.66. The molecule has 1 aromatic carbocycles. The Bertz CT molecular complexity index is 882. The van der Waals surface area contributed by atoms with Crippen molar-refractivity contribution >= 4 is 35.0 Å². The van der Waals surface area contributed by atoms with Crippen LogP contribution in [0.2, 0.25) is 0 Å². The molecule has 0 saturated heterocycles. The average Bonchev–Trinajstić information content (AvgIpc) is 2.57. The first-order chi connectivity index (χ1) is 11.8. The van der Waals surface area contributed by atoms with E-state index in [4.69, 9.17) is 10.5 Å². The first-order valence-electron chi connectivity index (χ1n) is 7.08. The Kier molecular flexibility index (Phi) is 5.81. The van der Waals surface area contributed by atoms with Crippen LogP contribution in [-0.2, 0) is 16.6 Å². The predicted octanol–water partition coefficient (Wildman–Crippen LogP) is 1.63. The summed E-state index contributed by atoms with van der Waals surface area (Å²) in [5.74, 6) is -2.21. The Morgan fingerprint density at radius 1 is 1.32 bits per heavy atom. The number of ether oxygens (including phenoxy) is 1. The van der Waals surface area contributed by atoms with E-state index in [9.17, 15) is 18.8 Å². The summed E-state index contributed by atoms with van der Waals surface area (Å²) >= 11 is 1.38. The molecule has 1 aromatic heterocycles. The van der Waals surface area contributed by atoms with Crippen LogP contribution < -0.4 is 16.6 Å². The van der Waals surface area contributed by atoms with Crippen LogP contribution in [0, 0.1) is 5.82 Å². The van der Waals surface area contributed by atoms with Crippen molar-refractivity contribution in [2.45, 2.75) is 4.90 Å². The Balaban J connectivity index is 2.39. The van der Waals surface area contributed by atoms with Crippen LogP contribution >= 0.6 is 11.8 Å². The number of carbonyl (C=O) groups excluding carboxylic acids is 2. The number of amides is 1. The number of nitrogens with one attached hydrogen (secondary N) is 1. The molecule has 0 aliphatic carbocycles. The number of thioether (sulfide) groups is 1. The number of rotatable bonds is 6. The van der Waals surface area contributed by atoms with Crippen LogP contribution in [0.3, 0.4) is 0 Å². The van der Waals surface area contributed by atoms with Crippen molar-refractivity contribution < 1.29 is 18.7 Å². The maximum atomic E-state index is 14.2. The van der Waals surface area contributed by atoms with Gasteiger partial charge in [0.25, 0.3) is 11.5 Å². The topological polar surface area (TPSA) is 103 Å². The molecule has 0 spiro atoms. The van der Waals surface area contributed by atoms with Gasteiger partial charge in [0.2, 0.25) is 0 Å². The van der Waals surface area contributed by atoms with E-state index < -0.39 is 29.9 Å². The van der Waals surface area contributed by atoms with Crippen LogP contribution in [0.25, 0.3) is 0 Å². The highest BCUT2D eigenvalue weighted by Gasteiger charge is 2.17. The van der Waals surface area contributed by atoms with Crippen molar-refractivity contribution in [3.05, 3.63) is 52.2 Å². The monoisotopic (exact) mass is 365 g/mol. The lowest BCUT2D eigenvalue weighted by molar-refractivity contribution is -0.121. The number of nitrogens with zero attached hydrogens (tertiary/aromatic N) is 1.